The number of anilines is 1. The number of aromatic nitrogens is 1. The first-order valence-electron chi connectivity index (χ1n) is 6.76. The number of rotatable bonds is 4. The highest BCUT2D eigenvalue weighted by atomic mass is 35.5. The molecule has 0 radical (unpaired) electrons. The third kappa shape index (κ3) is 3.23. The summed E-state index contributed by atoms with van der Waals surface area (Å²) in [5, 5.41) is 0.888. The van der Waals surface area contributed by atoms with Crippen LogP contribution in [0.15, 0.2) is 30.3 Å². The molecule has 0 unspecified atom stereocenters. The molecule has 0 spiro atoms. The normalized spacial score (nSPS) is 15.4. The highest BCUT2D eigenvalue weighted by molar-refractivity contribution is 6.18. The number of alkyl halides is 4. The maximum absolute atomic E-state index is 12.8. The van der Waals surface area contributed by atoms with Crippen LogP contribution in [0.25, 0.3) is 10.9 Å². The van der Waals surface area contributed by atoms with E-state index in [1.807, 2.05) is 18.2 Å². The van der Waals surface area contributed by atoms with Gasteiger partial charge >= 0.3 is 6.18 Å². The topological polar surface area (TPSA) is 16.1 Å². The Labute approximate surface area is 125 Å². The zero-order chi connectivity index (χ0) is 15.0. The van der Waals surface area contributed by atoms with Gasteiger partial charge in [-0.3, -0.25) is 0 Å². The number of para-hydroxylation sites is 1. The molecule has 21 heavy (non-hydrogen) atoms. The number of hydrogen-bond donors (Lipinski definition) is 0. The SMILES string of the molecule is FC(F)(F)CN(c1cc(CCl)c2ccccc2n1)C1CC1. The van der Waals surface area contributed by atoms with E-state index < -0.39 is 12.7 Å². The molecule has 1 heterocycles. The van der Waals surface area contributed by atoms with Crippen LogP contribution in [-0.2, 0) is 5.88 Å². The van der Waals surface area contributed by atoms with Crippen LogP contribution in [0.3, 0.4) is 0 Å². The highest BCUT2D eigenvalue weighted by Gasteiger charge is 2.39. The summed E-state index contributed by atoms with van der Waals surface area (Å²) < 4.78 is 38.3. The summed E-state index contributed by atoms with van der Waals surface area (Å²) in [6.45, 7) is -0.968. The lowest BCUT2D eigenvalue weighted by molar-refractivity contribution is -0.120. The Morgan fingerprint density at radius 1 is 1.24 bits per heavy atom. The third-order valence-electron chi connectivity index (χ3n) is 3.56. The van der Waals surface area contributed by atoms with E-state index in [1.165, 1.54) is 4.90 Å². The van der Waals surface area contributed by atoms with E-state index in [-0.39, 0.29) is 11.9 Å². The van der Waals surface area contributed by atoms with Crippen LogP contribution in [0, 0.1) is 0 Å². The van der Waals surface area contributed by atoms with Crippen molar-refractivity contribution in [3.05, 3.63) is 35.9 Å². The van der Waals surface area contributed by atoms with Crippen LogP contribution >= 0.6 is 11.6 Å². The lowest BCUT2D eigenvalue weighted by Crippen LogP contribution is -2.36. The van der Waals surface area contributed by atoms with E-state index in [4.69, 9.17) is 11.6 Å². The fourth-order valence-corrected chi connectivity index (χ4v) is 2.69. The molecule has 112 valence electrons. The summed E-state index contributed by atoms with van der Waals surface area (Å²) in [6.07, 6.45) is -2.68. The van der Waals surface area contributed by atoms with Crippen LogP contribution in [0.4, 0.5) is 19.0 Å². The Balaban J connectivity index is 2.05. The quantitative estimate of drug-likeness (QED) is 0.772. The molecule has 2 nitrogen and oxygen atoms in total. The average Bonchev–Trinajstić information content (AvgIpc) is 3.27. The predicted molar refractivity (Wildman–Crippen MR) is 77.7 cm³/mol. The Morgan fingerprint density at radius 3 is 2.57 bits per heavy atom. The van der Waals surface area contributed by atoms with Crippen LogP contribution in [0.5, 0.6) is 0 Å². The van der Waals surface area contributed by atoms with Gasteiger partial charge in [0.15, 0.2) is 0 Å². The first-order chi connectivity index (χ1) is 9.98. The average molecular weight is 315 g/mol. The number of pyridine rings is 1. The lowest BCUT2D eigenvalue weighted by Gasteiger charge is -2.25. The zero-order valence-electron chi connectivity index (χ0n) is 11.2. The standard InChI is InChI=1S/C15H14ClF3N2/c16-8-10-7-14(20-13-4-2-1-3-12(10)13)21(11-5-6-11)9-15(17,18)19/h1-4,7,11H,5-6,8-9H2. The van der Waals surface area contributed by atoms with Crippen molar-refractivity contribution in [2.45, 2.75) is 30.9 Å². The maximum atomic E-state index is 12.8. The minimum absolute atomic E-state index is 0.0662. The van der Waals surface area contributed by atoms with Gasteiger partial charge in [0.1, 0.15) is 12.4 Å². The molecular formula is C15H14ClF3N2. The van der Waals surface area contributed by atoms with Crippen molar-refractivity contribution >= 4 is 28.3 Å². The Bertz CT molecular complexity index is 653. The molecule has 0 amide bonds. The zero-order valence-corrected chi connectivity index (χ0v) is 12.0. The molecule has 6 heteroatoms. The van der Waals surface area contributed by atoms with E-state index in [0.29, 0.717) is 11.3 Å². The lowest BCUT2D eigenvalue weighted by atomic mass is 10.1. The molecule has 1 aliphatic carbocycles. The maximum Gasteiger partial charge on any atom is 0.405 e. The molecule has 1 saturated carbocycles. The van der Waals surface area contributed by atoms with E-state index in [0.717, 1.165) is 23.8 Å². The second-order valence-electron chi connectivity index (χ2n) is 5.26. The smallest absolute Gasteiger partial charge is 0.344 e. The molecule has 0 bridgehead atoms. The van der Waals surface area contributed by atoms with Crippen molar-refractivity contribution in [1.29, 1.82) is 0 Å². The molecule has 0 aliphatic heterocycles. The summed E-state index contributed by atoms with van der Waals surface area (Å²) in [5.41, 5.74) is 1.49. The van der Waals surface area contributed by atoms with Crippen molar-refractivity contribution in [1.82, 2.24) is 4.98 Å². The van der Waals surface area contributed by atoms with E-state index >= 15 is 0 Å². The Morgan fingerprint density at radius 2 is 1.95 bits per heavy atom. The van der Waals surface area contributed by atoms with Gasteiger partial charge in [-0.05, 0) is 30.5 Å². The molecule has 1 aromatic heterocycles. The van der Waals surface area contributed by atoms with Gasteiger partial charge in [-0.15, -0.1) is 11.6 Å². The number of halogens is 4. The summed E-state index contributed by atoms with van der Waals surface area (Å²) in [6, 6.07) is 8.99. The fourth-order valence-electron chi connectivity index (χ4n) is 2.47. The molecule has 3 rings (SSSR count). The van der Waals surface area contributed by atoms with Gasteiger partial charge in [-0.1, -0.05) is 18.2 Å². The van der Waals surface area contributed by atoms with Crippen molar-refractivity contribution in [3.63, 3.8) is 0 Å². The van der Waals surface area contributed by atoms with Crippen molar-refractivity contribution in [2.24, 2.45) is 0 Å². The fraction of sp³-hybridized carbons (Fsp3) is 0.400. The minimum atomic E-state index is -4.24. The monoisotopic (exact) mass is 314 g/mol. The van der Waals surface area contributed by atoms with Crippen LogP contribution in [0.2, 0.25) is 0 Å². The number of nitrogens with zero attached hydrogens (tertiary/aromatic N) is 2. The first-order valence-corrected chi connectivity index (χ1v) is 7.29. The number of benzene rings is 1. The van der Waals surface area contributed by atoms with Gasteiger partial charge in [-0.25, -0.2) is 4.98 Å². The highest BCUT2D eigenvalue weighted by Crippen LogP contribution is 2.35. The molecule has 0 saturated heterocycles. The molecule has 1 fully saturated rings. The summed E-state index contributed by atoms with van der Waals surface area (Å²) >= 11 is 5.94. The van der Waals surface area contributed by atoms with Gasteiger partial charge in [0.05, 0.1) is 5.52 Å². The molecular weight excluding hydrogens is 301 g/mol. The van der Waals surface area contributed by atoms with Crippen LogP contribution in [-0.4, -0.2) is 23.7 Å². The van der Waals surface area contributed by atoms with Gasteiger partial charge in [-0.2, -0.15) is 13.2 Å². The van der Waals surface area contributed by atoms with E-state index in [9.17, 15) is 13.2 Å². The molecule has 1 aromatic carbocycles. The summed E-state index contributed by atoms with van der Waals surface area (Å²) in [5.74, 6) is 0.616. The summed E-state index contributed by atoms with van der Waals surface area (Å²) in [4.78, 5) is 5.75. The Hall–Kier alpha value is -1.49. The molecule has 0 N–H and O–H groups in total. The van der Waals surface area contributed by atoms with Crippen LogP contribution in [0.1, 0.15) is 18.4 Å². The van der Waals surface area contributed by atoms with Gasteiger partial charge in [0, 0.05) is 17.3 Å². The largest absolute Gasteiger partial charge is 0.405 e. The van der Waals surface area contributed by atoms with E-state index in [2.05, 4.69) is 4.98 Å². The number of hydrogen-bond acceptors (Lipinski definition) is 2. The van der Waals surface area contributed by atoms with Crippen molar-refractivity contribution in [2.75, 3.05) is 11.4 Å². The second kappa shape index (κ2) is 5.37. The molecule has 2 aromatic rings. The third-order valence-corrected chi connectivity index (χ3v) is 3.85. The van der Waals surface area contributed by atoms with Gasteiger partial charge in [0.2, 0.25) is 0 Å². The molecule has 1 aliphatic rings. The van der Waals surface area contributed by atoms with Crippen molar-refractivity contribution in [3.8, 4) is 0 Å². The minimum Gasteiger partial charge on any atom is -0.344 e. The molecule has 0 atom stereocenters. The van der Waals surface area contributed by atoms with Gasteiger partial charge in [0.25, 0.3) is 0 Å². The second-order valence-corrected chi connectivity index (χ2v) is 5.53. The predicted octanol–water partition coefficient (Wildman–Crippen LogP) is 4.50. The first kappa shape index (κ1) is 14.4. The van der Waals surface area contributed by atoms with Crippen molar-refractivity contribution < 1.29 is 13.2 Å². The summed E-state index contributed by atoms with van der Waals surface area (Å²) in [7, 11) is 0. The Kier molecular flexibility index (Phi) is 3.69. The number of fused-ring (bicyclic) bond motifs is 1. The van der Waals surface area contributed by atoms with Crippen LogP contribution < -0.4 is 4.90 Å². The van der Waals surface area contributed by atoms with E-state index in [1.54, 1.807) is 12.1 Å². The van der Waals surface area contributed by atoms with Gasteiger partial charge < -0.3 is 4.90 Å².